The maximum Gasteiger partial charge on any atom is 0.142 e. The molecule has 0 aromatic heterocycles. The molecule has 1 aliphatic heterocycles. The van der Waals surface area contributed by atoms with Crippen molar-refractivity contribution in [2.24, 2.45) is 5.73 Å². The lowest BCUT2D eigenvalue weighted by Gasteiger charge is -2.19. The topological polar surface area (TPSA) is 35.2 Å². The number of ether oxygens (including phenoxy) is 1. The molecule has 1 fully saturated rings. The maximum absolute atomic E-state index is 13.3. The predicted octanol–water partition coefficient (Wildman–Crippen LogP) is 2.92. The lowest BCUT2D eigenvalue weighted by molar-refractivity contribution is 0.0404. The molecule has 4 heteroatoms. The molecule has 2 N–H and O–H groups in total. The molecule has 94 valence electrons. The molecule has 0 saturated carbocycles. The van der Waals surface area contributed by atoms with Crippen molar-refractivity contribution in [1.82, 2.24) is 0 Å². The van der Waals surface area contributed by atoms with Crippen LogP contribution in [0.15, 0.2) is 18.2 Å². The van der Waals surface area contributed by atoms with Crippen LogP contribution in [0.25, 0.3) is 0 Å². The number of benzene rings is 1. The van der Waals surface area contributed by atoms with Gasteiger partial charge in [0, 0.05) is 6.04 Å². The molecular formula is C13H17ClFNO. The van der Waals surface area contributed by atoms with Crippen LogP contribution in [0, 0.1) is 5.82 Å². The summed E-state index contributed by atoms with van der Waals surface area (Å²) in [6.45, 7) is 2.05. The molecule has 1 saturated heterocycles. The van der Waals surface area contributed by atoms with Crippen molar-refractivity contribution < 1.29 is 9.13 Å². The van der Waals surface area contributed by atoms with Gasteiger partial charge in [-0.15, -0.1) is 0 Å². The first-order valence-electron chi connectivity index (χ1n) is 5.91. The molecule has 0 aliphatic carbocycles. The Labute approximate surface area is 106 Å². The Morgan fingerprint density at radius 3 is 2.88 bits per heavy atom. The monoisotopic (exact) mass is 257 g/mol. The van der Waals surface area contributed by atoms with E-state index in [1.807, 2.05) is 6.07 Å². The van der Waals surface area contributed by atoms with Crippen LogP contribution in [0.3, 0.4) is 0 Å². The van der Waals surface area contributed by atoms with Crippen molar-refractivity contribution in [2.75, 3.05) is 0 Å². The van der Waals surface area contributed by atoms with Crippen LogP contribution in [0.5, 0.6) is 0 Å². The molecule has 1 aromatic rings. The van der Waals surface area contributed by atoms with E-state index in [4.69, 9.17) is 22.1 Å². The fourth-order valence-electron chi connectivity index (χ4n) is 2.22. The highest BCUT2D eigenvalue weighted by molar-refractivity contribution is 6.30. The van der Waals surface area contributed by atoms with Gasteiger partial charge in [0.15, 0.2) is 0 Å². The Bertz CT molecular complexity index is 399. The van der Waals surface area contributed by atoms with Crippen molar-refractivity contribution in [1.29, 1.82) is 0 Å². The van der Waals surface area contributed by atoms with Crippen LogP contribution in [-0.2, 0) is 11.2 Å². The van der Waals surface area contributed by atoms with Crippen molar-refractivity contribution in [3.05, 3.63) is 34.6 Å². The Morgan fingerprint density at radius 1 is 1.53 bits per heavy atom. The van der Waals surface area contributed by atoms with E-state index in [1.54, 1.807) is 6.07 Å². The second-order valence-electron chi connectivity index (χ2n) is 4.68. The normalized spacial score (nSPS) is 26.1. The summed E-state index contributed by atoms with van der Waals surface area (Å²) in [4.78, 5) is 0. The summed E-state index contributed by atoms with van der Waals surface area (Å²) in [6.07, 6.45) is 3.02. The Morgan fingerprint density at radius 2 is 2.29 bits per heavy atom. The van der Waals surface area contributed by atoms with E-state index < -0.39 is 5.82 Å². The average Bonchev–Trinajstić information content (AvgIpc) is 2.70. The third-order valence-corrected chi connectivity index (χ3v) is 3.50. The van der Waals surface area contributed by atoms with Crippen molar-refractivity contribution in [2.45, 2.75) is 44.4 Å². The highest BCUT2D eigenvalue weighted by Gasteiger charge is 2.27. The minimum atomic E-state index is -0.392. The summed E-state index contributed by atoms with van der Waals surface area (Å²) in [5, 5.41) is 0.146. The van der Waals surface area contributed by atoms with Gasteiger partial charge in [0.2, 0.25) is 0 Å². The zero-order valence-electron chi connectivity index (χ0n) is 9.83. The van der Waals surface area contributed by atoms with Gasteiger partial charge < -0.3 is 10.5 Å². The largest absolute Gasteiger partial charge is 0.374 e. The Kier molecular flexibility index (Phi) is 4.02. The van der Waals surface area contributed by atoms with Crippen LogP contribution in [-0.4, -0.2) is 18.2 Å². The first-order chi connectivity index (χ1) is 8.06. The SMILES string of the molecule is CC1CCC(C(N)Cc2ccc(Cl)c(F)c2)O1. The summed E-state index contributed by atoms with van der Waals surface area (Å²) >= 11 is 5.63. The van der Waals surface area contributed by atoms with Crippen LogP contribution in [0.1, 0.15) is 25.3 Å². The lowest BCUT2D eigenvalue weighted by Crippen LogP contribution is -2.36. The number of hydrogen-bond donors (Lipinski definition) is 1. The van der Waals surface area contributed by atoms with Gasteiger partial charge in [0.25, 0.3) is 0 Å². The van der Waals surface area contributed by atoms with E-state index in [0.29, 0.717) is 6.42 Å². The molecule has 2 nitrogen and oxygen atoms in total. The standard InChI is InChI=1S/C13H17ClFNO/c1-8-2-5-13(17-8)12(16)7-9-3-4-10(14)11(15)6-9/h3-4,6,8,12-13H,2,5,7,16H2,1H3. The van der Waals surface area contributed by atoms with Gasteiger partial charge in [0.05, 0.1) is 17.2 Å². The summed E-state index contributed by atoms with van der Waals surface area (Å²) in [5.74, 6) is -0.392. The Balaban J connectivity index is 1.98. The number of rotatable bonds is 3. The molecule has 2 rings (SSSR count). The zero-order valence-corrected chi connectivity index (χ0v) is 10.6. The van der Waals surface area contributed by atoms with E-state index in [9.17, 15) is 4.39 Å². The summed E-state index contributed by atoms with van der Waals surface area (Å²) in [5.41, 5.74) is 6.94. The van der Waals surface area contributed by atoms with Gasteiger partial charge in [0.1, 0.15) is 5.82 Å². The fraction of sp³-hybridized carbons (Fsp3) is 0.538. The van der Waals surface area contributed by atoms with Crippen molar-refractivity contribution in [3.63, 3.8) is 0 Å². The number of halogens is 2. The first kappa shape index (κ1) is 12.8. The molecule has 17 heavy (non-hydrogen) atoms. The number of nitrogens with two attached hydrogens (primary N) is 1. The lowest BCUT2D eigenvalue weighted by atomic mass is 10.00. The number of hydrogen-bond acceptors (Lipinski definition) is 2. The Hall–Kier alpha value is -0.640. The van der Waals surface area contributed by atoms with Gasteiger partial charge >= 0.3 is 0 Å². The van der Waals surface area contributed by atoms with Crippen LogP contribution >= 0.6 is 11.6 Å². The van der Waals surface area contributed by atoms with Gasteiger partial charge in [-0.3, -0.25) is 0 Å². The molecule has 1 heterocycles. The summed E-state index contributed by atoms with van der Waals surface area (Å²) in [6, 6.07) is 4.74. The minimum absolute atomic E-state index is 0.0828. The zero-order chi connectivity index (χ0) is 12.4. The molecule has 1 aromatic carbocycles. The van der Waals surface area contributed by atoms with Gasteiger partial charge in [-0.1, -0.05) is 17.7 Å². The quantitative estimate of drug-likeness (QED) is 0.904. The van der Waals surface area contributed by atoms with Crippen molar-refractivity contribution >= 4 is 11.6 Å². The minimum Gasteiger partial charge on any atom is -0.374 e. The maximum atomic E-state index is 13.3. The van der Waals surface area contributed by atoms with E-state index in [2.05, 4.69) is 6.92 Å². The predicted molar refractivity (Wildman–Crippen MR) is 66.7 cm³/mol. The molecule has 0 amide bonds. The van der Waals surface area contributed by atoms with Gasteiger partial charge in [-0.05, 0) is 43.9 Å². The molecule has 0 spiro atoms. The van der Waals surface area contributed by atoms with Crippen LogP contribution in [0.2, 0.25) is 5.02 Å². The second-order valence-corrected chi connectivity index (χ2v) is 5.09. The third-order valence-electron chi connectivity index (χ3n) is 3.20. The van der Waals surface area contributed by atoms with Crippen LogP contribution < -0.4 is 5.73 Å². The fourth-order valence-corrected chi connectivity index (χ4v) is 2.34. The van der Waals surface area contributed by atoms with Gasteiger partial charge in [-0.25, -0.2) is 4.39 Å². The van der Waals surface area contributed by atoms with E-state index >= 15 is 0 Å². The molecule has 1 aliphatic rings. The smallest absolute Gasteiger partial charge is 0.142 e. The molecule has 3 atom stereocenters. The van der Waals surface area contributed by atoms with Gasteiger partial charge in [-0.2, -0.15) is 0 Å². The first-order valence-corrected chi connectivity index (χ1v) is 6.29. The second kappa shape index (κ2) is 5.34. The summed E-state index contributed by atoms with van der Waals surface area (Å²) in [7, 11) is 0. The highest BCUT2D eigenvalue weighted by atomic mass is 35.5. The molecule has 0 radical (unpaired) electrons. The van der Waals surface area contributed by atoms with E-state index in [-0.39, 0.29) is 23.3 Å². The van der Waals surface area contributed by atoms with Crippen LogP contribution in [0.4, 0.5) is 4.39 Å². The average molecular weight is 258 g/mol. The third kappa shape index (κ3) is 3.18. The molecular weight excluding hydrogens is 241 g/mol. The summed E-state index contributed by atoms with van der Waals surface area (Å²) < 4.78 is 19.0. The van der Waals surface area contributed by atoms with Crippen molar-refractivity contribution in [3.8, 4) is 0 Å². The molecule has 0 bridgehead atoms. The molecule has 3 unspecified atom stereocenters. The van der Waals surface area contributed by atoms with E-state index in [1.165, 1.54) is 6.07 Å². The van der Waals surface area contributed by atoms with E-state index in [0.717, 1.165) is 18.4 Å². The highest BCUT2D eigenvalue weighted by Crippen LogP contribution is 2.23.